The number of hydrogen-bond acceptors (Lipinski definition) is 4. The lowest BCUT2D eigenvalue weighted by Crippen LogP contribution is -2.46. The fourth-order valence-corrected chi connectivity index (χ4v) is 4.50. The van der Waals surface area contributed by atoms with Gasteiger partial charge < -0.3 is 10.1 Å². The van der Waals surface area contributed by atoms with E-state index in [2.05, 4.69) is 5.32 Å². The van der Waals surface area contributed by atoms with Gasteiger partial charge in [0.15, 0.2) is 21.4 Å². The summed E-state index contributed by atoms with van der Waals surface area (Å²) in [5.41, 5.74) is -0.233. The Bertz CT molecular complexity index is 714. The fourth-order valence-electron chi connectivity index (χ4n) is 2.41. The van der Waals surface area contributed by atoms with Crippen LogP contribution < -0.4 is 10.1 Å². The van der Waals surface area contributed by atoms with Gasteiger partial charge in [-0.15, -0.1) is 0 Å². The third kappa shape index (κ3) is 4.07. The maximum Gasteiger partial charge on any atom is 0.244 e. The Morgan fingerprint density at radius 1 is 1.45 bits per heavy atom. The van der Waals surface area contributed by atoms with E-state index >= 15 is 0 Å². The number of rotatable bonds is 4. The zero-order valence-corrected chi connectivity index (χ0v) is 13.2. The second-order valence-electron chi connectivity index (χ2n) is 5.62. The average Bonchev–Trinajstić information content (AvgIpc) is 2.70. The number of carbonyl (C=O) groups excluding carboxylic acids is 1. The summed E-state index contributed by atoms with van der Waals surface area (Å²) in [5, 5.41) is 2.69. The lowest BCUT2D eigenvalue weighted by Gasteiger charge is -2.22. The Hall–Kier alpha value is -1.89. The Morgan fingerprint density at radius 2 is 2.18 bits per heavy atom. The molecule has 1 N–H and O–H groups in total. The minimum atomic E-state index is -3.08. The summed E-state index contributed by atoms with van der Waals surface area (Å²) in [6.45, 7) is 1.70. The highest BCUT2D eigenvalue weighted by atomic mass is 32.2. The monoisotopic (exact) mass is 327 g/mol. The van der Waals surface area contributed by atoms with Gasteiger partial charge in [-0.05, 0) is 37.1 Å². The first-order chi connectivity index (χ1) is 10.2. The van der Waals surface area contributed by atoms with Crippen LogP contribution in [0.3, 0.4) is 0 Å². The summed E-state index contributed by atoms with van der Waals surface area (Å²) in [7, 11) is -1.71. The molecule has 1 fully saturated rings. The van der Waals surface area contributed by atoms with Crippen molar-refractivity contribution in [3.63, 3.8) is 0 Å². The number of halogens is 1. The standard InChI is InChI=1S/C15H18FNO4S/c1-15(7-8-22(19,20)10-15)17-14(18)6-4-11-3-5-13(21-2)12(16)9-11/h3-6,9H,7-8,10H2,1-2H3,(H,17,18). The second kappa shape index (κ2) is 6.08. The topological polar surface area (TPSA) is 72.5 Å². The van der Waals surface area contributed by atoms with Crippen LogP contribution in [0.1, 0.15) is 18.9 Å². The molecule has 1 aliphatic rings. The quantitative estimate of drug-likeness (QED) is 0.852. The number of methoxy groups -OCH3 is 1. The van der Waals surface area contributed by atoms with Crippen molar-refractivity contribution < 1.29 is 22.3 Å². The third-order valence-electron chi connectivity index (χ3n) is 3.53. The number of ether oxygens (including phenoxy) is 1. The van der Waals surface area contributed by atoms with E-state index in [-0.39, 0.29) is 17.3 Å². The van der Waals surface area contributed by atoms with Gasteiger partial charge >= 0.3 is 0 Å². The Labute approximate surface area is 129 Å². The smallest absolute Gasteiger partial charge is 0.244 e. The molecule has 7 heteroatoms. The molecular weight excluding hydrogens is 309 g/mol. The number of carbonyl (C=O) groups is 1. The zero-order valence-electron chi connectivity index (χ0n) is 12.4. The van der Waals surface area contributed by atoms with Crippen molar-refractivity contribution in [2.45, 2.75) is 18.9 Å². The van der Waals surface area contributed by atoms with Gasteiger partial charge in [0.05, 0.1) is 24.2 Å². The zero-order chi connectivity index (χ0) is 16.4. The molecule has 0 saturated carbocycles. The minimum Gasteiger partial charge on any atom is -0.494 e. The molecule has 120 valence electrons. The highest BCUT2D eigenvalue weighted by Crippen LogP contribution is 2.23. The molecule has 1 aliphatic heterocycles. The van der Waals surface area contributed by atoms with Crippen LogP contribution in [-0.2, 0) is 14.6 Å². The van der Waals surface area contributed by atoms with Crippen molar-refractivity contribution in [1.29, 1.82) is 0 Å². The van der Waals surface area contributed by atoms with Crippen LogP contribution >= 0.6 is 0 Å². The molecule has 1 amide bonds. The Morgan fingerprint density at radius 3 is 2.73 bits per heavy atom. The van der Waals surface area contributed by atoms with Crippen molar-refractivity contribution >= 4 is 21.8 Å². The summed E-state index contributed by atoms with van der Waals surface area (Å²) in [6.07, 6.45) is 3.12. The summed E-state index contributed by atoms with van der Waals surface area (Å²) in [5.74, 6) is -0.770. The first-order valence-electron chi connectivity index (χ1n) is 6.77. The second-order valence-corrected chi connectivity index (χ2v) is 7.80. The lowest BCUT2D eigenvalue weighted by atomic mass is 10.0. The van der Waals surface area contributed by atoms with E-state index in [4.69, 9.17) is 4.74 Å². The van der Waals surface area contributed by atoms with Crippen molar-refractivity contribution in [2.24, 2.45) is 0 Å². The van der Waals surface area contributed by atoms with Gasteiger partial charge in [-0.2, -0.15) is 0 Å². The molecule has 1 saturated heterocycles. The molecule has 1 aromatic rings. The van der Waals surface area contributed by atoms with Crippen molar-refractivity contribution in [1.82, 2.24) is 5.32 Å². The number of amides is 1. The predicted octanol–water partition coefficient (Wildman–Crippen LogP) is 1.54. The van der Waals surface area contributed by atoms with Gasteiger partial charge in [0.2, 0.25) is 5.91 Å². The minimum absolute atomic E-state index is 0.0588. The Kier molecular flexibility index (Phi) is 4.55. The van der Waals surface area contributed by atoms with Gasteiger partial charge in [-0.25, -0.2) is 12.8 Å². The maximum atomic E-state index is 13.5. The average molecular weight is 327 g/mol. The molecule has 0 radical (unpaired) electrons. The van der Waals surface area contributed by atoms with E-state index in [1.54, 1.807) is 13.0 Å². The van der Waals surface area contributed by atoms with E-state index in [0.717, 1.165) is 0 Å². The molecule has 0 bridgehead atoms. The van der Waals surface area contributed by atoms with Crippen LogP contribution in [0.25, 0.3) is 6.08 Å². The maximum absolute atomic E-state index is 13.5. The van der Waals surface area contributed by atoms with Crippen LogP contribution in [0.5, 0.6) is 5.75 Å². The molecule has 0 aliphatic carbocycles. The van der Waals surface area contributed by atoms with Gasteiger partial charge in [-0.3, -0.25) is 4.79 Å². The van der Waals surface area contributed by atoms with Gasteiger partial charge in [0.1, 0.15) is 0 Å². The van der Waals surface area contributed by atoms with Gasteiger partial charge in [0.25, 0.3) is 0 Å². The van der Waals surface area contributed by atoms with E-state index in [0.29, 0.717) is 12.0 Å². The van der Waals surface area contributed by atoms with Crippen molar-refractivity contribution in [3.8, 4) is 5.75 Å². The van der Waals surface area contributed by atoms with Gasteiger partial charge in [0, 0.05) is 6.08 Å². The van der Waals surface area contributed by atoms with E-state index in [1.807, 2.05) is 0 Å². The molecule has 22 heavy (non-hydrogen) atoms. The number of nitrogens with one attached hydrogen (secondary N) is 1. The van der Waals surface area contributed by atoms with E-state index < -0.39 is 27.1 Å². The largest absolute Gasteiger partial charge is 0.494 e. The Balaban J connectivity index is 2.01. The molecule has 0 aromatic heterocycles. The van der Waals surface area contributed by atoms with E-state index in [1.165, 1.54) is 31.4 Å². The predicted molar refractivity (Wildman–Crippen MR) is 81.8 cm³/mol. The number of sulfone groups is 1. The molecule has 5 nitrogen and oxygen atoms in total. The van der Waals surface area contributed by atoms with Crippen molar-refractivity contribution in [2.75, 3.05) is 18.6 Å². The van der Waals surface area contributed by atoms with Crippen LogP contribution in [0, 0.1) is 5.82 Å². The molecule has 1 atom stereocenters. The number of benzene rings is 1. The van der Waals surface area contributed by atoms with Crippen LogP contribution in [0.4, 0.5) is 4.39 Å². The molecule has 1 heterocycles. The van der Waals surface area contributed by atoms with Crippen LogP contribution in [-0.4, -0.2) is 38.5 Å². The van der Waals surface area contributed by atoms with Crippen LogP contribution in [0.2, 0.25) is 0 Å². The molecule has 1 unspecified atom stereocenters. The molecular formula is C15H18FNO4S. The SMILES string of the molecule is COc1ccc(C=CC(=O)NC2(C)CCS(=O)(=O)C2)cc1F. The molecule has 1 aromatic carbocycles. The highest BCUT2D eigenvalue weighted by Gasteiger charge is 2.39. The highest BCUT2D eigenvalue weighted by molar-refractivity contribution is 7.91. The van der Waals surface area contributed by atoms with Crippen LogP contribution in [0.15, 0.2) is 24.3 Å². The number of hydrogen-bond donors (Lipinski definition) is 1. The summed E-state index contributed by atoms with van der Waals surface area (Å²) < 4.78 is 41.3. The summed E-state index contributed by atoms with van der Waals surface area (Å²) >= 11 is 0. The molecule has 0 spiro atoms. The normalized spacial score (nSPS) is 23.6. The van der Waals surface area contributed by atoms with E-state index in [9.17, 15) is 17.6 Å². The first kappa shape index (κ1) is 16.5. The summed E-state index contributed by atoms with van der Waals surface area (Å²) in [6, 6.07) is 4.34. The lowest BCUT2D eigenvalue weighted by molar-refractivity contribution is -0.117. The van der Waals surface area contributed by atoms with Gasteiger partial charge in [-0.1, -0.05) is 6.07 Å². The first-order valence-corrected chi connectivity index (χ1v) is 8.59. The fraction of sp³-hybridized carbons (Fsp3) is 0.400. The molecule has 2 rings (SSSR count). The third-order valence-corrected chi connectivity index (χ3v) is 5.43. The summed E-state index contributed by atoms with van der Waals surface area (Å²) in [4.78, 5) is 11.9. The van der Waals surface area contributed by atoms with Crippen molar-refractivity contribution in [3.05, 3.63) is 35.7 Å².